The molecule has 1 aliphatic heterocycles. The van der Waals surface area contributed by atoms with Gasteiger partial charge >= 0.3 is 0 Å². The van der Waals surface area contributed by atoms with Crippen molar-refractivity contribution in [3.8, 4) is 0 Å². The number of likely N-dealkylation sites (tertiary alicyclic amines) is 1. The Labute approximate surface area is 187 Å². The molecule has 0 bridgehead atoms. The van der Waals surface area contributed by atoms with Crippen molar-refractivity contribution < 1.29 is 18.0 Å². The molecule has 1 saturated heterocycles. The number of anilines is 1. The summed E-state index contributed by atoms with van der Waals surface area (Å²) in [4.78, 5) is 31.0. The maximum absolute atomic E-state index is 12.8. The van der Waals surface area contributed by atoms with Crippen LogP contribution in [0.15, 0.2) is 47.5 Å². The maximum Gasteiger partial charge on any atom is 0.243 e. The van der Waals surface area contributed by atoms with E-state index in [-0.39, 0.29) is 40.4 Å². The van der Waals surface area contributed by atoms with Gasteiger partial charge in [-0.05, 0) is 30.3 Å². The van der Waals surface area contributed by atoms with Gasteiger partial charge in [-0.2, -0.15) is 4.31 Å². The number of hydrogen-bond donors (Lipinski definition) is 1. The van der Waals surface area contributed by atoms with Crippen molar-refractivity contribution in [3.05, 3.63) is 53.3 Å². The molecule has 3 rings (SSSR count). The highest BCUT2D eigenvalue weighted by Gasteiger charge is 2.35. The number of aromatic nitrogens is 1. The van der Waals surface area contributed by atoms with E-state index in [2.05, 4.69) is 10.3 Å². The Kier molecular flexibility index (Phi) is 7.30. The van der Waals surface area contributed by atoms with E-state index >= 15 is 0 Å². The van der Waals surface area contributed by atoms with Crippen LogP contribution in [0, 0.1) is 5.92 Å². The van der Waals surface area contributed by atoms with Crippen molar-refractivity contribution in [3.63, 3.8) is 0 Å². The van der Waals surface area contributed by atoms with Crippen LogP contribution in [-0.4, -0.2) is 54.1 Å². The lowest BCUT2D eigenvalue weighted by Crippen LogP contribution is -2.31. The SMILES string of the molecule is CCN(CC)S(=O)(=O)c1ccc(Cl)c(NC(=O)C2CC(=O)N(Cc3ccccn3)C2)c1. The molecule has 0 saturated carbocycles. The molecular weight excluding hydrogens is 440 g/mol. The van der Waals surface area contributed by atoms with Crippen LogP contribution in [0.1, 0.15) is 26.0 Å². The van der Waals surface area contributed by atoms with Crippen LogP contribution in [0.4, 0.5) is 5.69 Å². The second-order valence-corrected chi connectivity index (χ2v) is 9.56. The Hall–Kier alpha value is -2.49. The third kappa shape index (κ3) is 5.23. The molecule has 1 unspecified atom stereocenters. The zero-order valence-electron chi connectivity index (χ0n) is 17.4. The Morgan fingerprint density at radius 1 is 1.26 bits per heavy atom. The summed E-state index contributed by atoms with van der Waals surface area (Å²) in [6, 6.07) is 9.68. The minimum absolute atomic E-state index is 0.0511. The fourth-order valence-electron chi connectivity index (χ4n) is 3.50. The number of carbonyl (C=O) groups excluding carboxylic acids is 2. The predicted molar refractivity (Wildman–Crippen MR) is 118 cm³/mol. The second-order valence-electron chi connectivity index (χ2n) is 7.22. The summed E-state index contributed by atoms with van der Waals surface area (Å²) in [5, 5.41) is 2.92. The zero-order valence-corrected chi connectivity index (χ0v) is 19.0. The molecule has 2 aromatic rings. The first kappa shape index (κ1) is 23.2. The molecule has 1 aromatic carbocycles. The minimum Gasteiger partial charge on any atom is -0.336 e. The van der Waals surface area contributed by atoms with Crippen LogP contribution in [-0.2, 0) is 26.2 Å². The summed E-state index contributed by atoms with van der Waals surface area (Å²) in [5.74, 6) is -1.07. The highest BCUT2D eigenvalue weighted by Crippen LogP contribution is 2.29. The zero-order chi connectivity index (χ0) is 22.6. The quantitative estimate of drug-likeness (QED) is 0.647. The molecule has 1 fully saturated rings. The van der Waals surface area contributed by atoms with Gasteiger partial charge in [-0.1, -0.05) is 31.5 Å². The monoisotopic (exact) mass is 464 g/mol. The van der Waals surface area contributed by atoms with Gasteiger partial charge in [0, 0.05) is 32.3 Å². The average Bonchev–Trinajstić information content (AvgIpc) is 3.11. The summed E-state index contributed by atoms with van der Waals surface area (Å²) >= 11 is 6.20. The molecule has 1 N–H and O–H groups in total. The van der Waals surface area contributed by atoms with E-state index in [4.69, 9.17) is 11.6 Å². The standard InChI is InChI=1S/C21H25ClN4O4S/c1-3-26(4-2)31(29,30)17-8-9-18(22)19(12-17)24-21(28)15-11-20(27)25(13-15)14-16-7-5-6-10-23-16/h5-10,12,15H,3-4,11,13-14H2,1-2H3,(H,24,28). The molecule has 1 aromatic heterocycles. The van der Waals surface area contributed by atoms with Gasteiger partial charge in [-0.25, -0.2) is 8.42 Å². The van der Waals surface area contributed by atoms with Crippen LogP contribution in [0.3, 0.4) is 0 Å². The Morgan fingerprint density at radius 2 is 2.00 bits per heavy atom. The van der Waals surface area contributed by atoms with E-state index in [0.717, 1.165) is 5.69 Å². The average molecular weight is 465 g/mol. The number of halogens is 1. The van der Waals surface area contributed by atoms with E-state index in [0.29, 0.717) is 19.6 Å². The summed E-state index contributed by atoms with van der Waals surface area (Å²) in [5.41, 5.74) is 0.949. The van der Waals surface area contributed by atoms with E-state index in [1.165, 1.54) is 22.5 Å². The number of hydrogen-bond acceptors (Lipinski definition) is 5. The van der Waals surface area contributed by atoms with Crippen LogP contribution < -0.4 is 5.32 Å². The number of pyridine rings is 1. The van der Waals surface area contributed by atoms with Crippen molar-refractivity contribution in [2.24, 2.45) is 5.92 Å². The van der Waals surface area contributed by atoms with E-state index in [1.54, 1.807) is 31.0 Å². The lowest BCUT2D eigenvalue weighted by Gasteiger charge is -2.19. The highest BCUT2D eigenvalue weighted by atomic mass is 35.5. The fraction of sp³-hybridized carbons (Fsp3) is 0.381. The number of amides is 2. The summed E-state index contributed by atoms with van der Waals surface area (Å²) < 4.78 is 26.9. The predicted octanol–water partition coefficient (Wildman–Crippen LogP) is 2.75. The topological polar surface area (TPSA) is 99.7 Å². The largest absolute Gasteiger partial charge is 0.336 e. The van der Waals surface area contributed by atoms with E-state index < -0.39 is 15.9 Å². The second kappa shape index (κ2) is 9.76. The number of carbonyl (C=O) groups is 2. The van der Waals surface area contributed by atoms with Gasteiger partial charge in [0.25, 0.3) is 0 Å². The van der Waals surface area contributed by atoms with Crippen molar-refractivity contribution in [1.82, 2.24) is 14.2 Å². The molecule has 8 nitrogen and oxygen atoms in total. The van der Waals surface area contributed by atoms with Gasteiger partial charge in [-0.15, -0.1) is 0 Å². The molecule has 0 aliphatic carbocycles. The first-order valence-electron chi connectivity index (χ1n) is 10.0. The van der Waals surface area contributed by atoms with Crippen LogP contribution >= 0.6 is 11.6 Å². The van der Waals surface area contributed by atoms with E-state index in [1.807, 2.05) is 12.1 Å². The van der Waals surface area contributed by atoms with Crippen molar-refractivity contribution in [2.75, 3.05) is 25.0 Å². The lowest BCUT2D eigenvalue weighted by atomic mass is 10.1. The van der Waals surface area contributed by atoms with Crippen LogP contribution in [0.5, 0.6) is 0 Å². The van der Waals surface area contributed by atoms with Crippen molar-refractivity contribution in [1.29, 1.82) is 0 Å². The Morgan fingerprint density at radius 3 is 2.65 bits per heavy atom. The highest BCUT2D eigenvalue weighted by molar-refractivity contribution is 7.89. The Bertz CT molecular complexity index is 1060. The molecular formula is C21H25ClN4O4S. The van der Waals surface area contributed by atoms with Gasteiger partial charge in [-0.3, -0.25) is 14.6 Å². The number of nitrogens with one attached hydrogen (secondary N) is 1. The molecule has 2 heterocycles. The van der Waals surface area contributed by atoms with Gasteiger partial charge in [0.2, 0.25) is 21.8 Å². The molecule has 0 radical (unpaired) electrons. The van der Waals surface area contributed by atoms with Gasteiger partial charge in [0.15, 0.2) is 0 Å². The number of sulfonamides is 1. The summed E-state index contributed by atoms with van der Waals surface area (Å²) in [7, 11) is -3.69. The minimum atomic E-state index is -3.69. The van der Waals surface area contributed by atoms with Crippen molar-refractivity contribution in [2.45, 2.75) is 31.7 Å². The Balaban J connectivity index is 1.72. The molecule has 1 aliphatic rings. The van der Waals surface area contributed by atoms with Crippen LogP contribution in [0.25, 0.3) is 0 Å². The van der Waals surface area contributed by atoms with E-state index in [9.17, 15) is 18.0 Å². The molecule has 1 atom stereocenters. The smallest absolute Gasteiger partial charge is 0.243 e. The third-order valence-corrected chi connectivity index (χ3v) is 7.58. The molecule has 10 heteroatoms. The molecule has 0 spiro atoms. The lowest BCUT2D eigenvalue weighted by molar-refractivity contribution is -0.128. The maximum atomic E-state index is 12.8. The third-order valence-electron chi connectivity index (χ3n) is 5.20. The molecule has 2 amide bonds. The number of benzene rings is 1. The first-order chi connectivity index (χ1) is 14.8. The number of rotatable bonds is 8. The summed E-state index contributed by atoms with van der Waals surface area (Å²) in [6.45, 7) is 4.78. The first-order valence-corrected chi connectivity index (χ1v) is 11.9. The molecule has 166 valence electrons. The molecule has 31 heavy (non-hydrogen) atoms. The van der Waals surface area contributed by atoms with Gasteiger partial charge < -0.3 is 10.2 Å². The van der Waals surface area contributed by atoms with Crippen LogP contribution in [0.2, 0.25) is 5.02 Å². The normalized spacial score (nSPS) is 16.7. The summed E-state index contributed by atoms with van der Waals surface area (Å²) in [6.07, 6.45) is 1.73. The van der Waals surface area contributed by atoms with Gasteiger partial charge in [0.1, 0.15) is 0 Å². The van der Waals surface area contributed by atoms with Gasteiger partial charge in [0.05, 0.1) is 33.8 Å². The fourth-order valence-corrected chi connectivity index (χ4v) is 5.15. The van der Waals surface area contributed by atoms with Crippen molar-refractivity contribution >= 4 is 39.1 Å². The number of nitrogens with zero attached hydrogens (tertiary/aromatic N) is 3.